The Hall–Kier alpha value is -2.82. The van der Waals surface area contributed by atoms with Crippen molar-refractivity contribution < 1.29 is 14.3 Å². The fourth-order valence-electron chi connectivity index (χ4n) is 2.56. The van der Waals surface area contributed by atoms with Gasteiger partial charge in [-0.25, -0.2) is 0 Å². The molecular weight excluding hydrogens is 292 g/mol. The van der Waals surface area contributed by atoms with Crippen LogP contribution >= 0.6 is 0 Å². The van der Waals surface area contributed by atoms with Crippen LogP contribution in [0.4, 0.5) is 0 Å². The topological polar surface area (TPSA) is 67.4 Å². The van der Waals surface area contributed by atoms with Crippen LogP contribution in [0.2, 0.25) is 0 Å². The molecule has 2 amide bonds. The van der Waals surface area contributed by atoms with Gasteiger partial charge in [0.15, 0.2) is 6.61 Å². The van der Waals surface area contributed by atoms with E-state index in [1.54, 1.807) is 18.2 Å². The third-order valence-corrected chi connectivity index (χ3v) is 3.73. The SMILES string of the molecule is O=C(COc1cccc2c1CCNC2=O)NCc1ccccc1. The Bertz CT molecular complexity index is 713. The van der Waals surface area contributed by atoms with Crippen LogP contribution < -0.4 is 15.4 Å². The predicted octanol–water partition coefficient (Wildman–Crippen LogP) is 1.67. The van der Waals surface area contributed by atoms with E-state index in [9.17, 15) is 9.59 Å². The average molecular weight is 310 g/mol. The van der Waals surface area contributed by atoms with E-state index in [2.05, 4.69) is 10.6 Å². The molecule has 0 spiro atoms. The highest BCUT2D eigenvalue weighted by Gasteiger charge is 2.20. The second-order valence-electron chi connectivity index (χ2n) is 5.34. The molecule has 0 saturated heterocycles. The lowest BCUT2D eigenvalue weighted by Crippen LogP contribution is -2.32. The summed E-state index contributed by atoms with van der Waals surface area (Å²) in [6.07, 6.45) is 0.711. The number of benzene rings is 2. The van der Waals surface area contributed by atoms with Crippen LogP contribution in [0.15, 0.2) is 48.5 Å². The second-order valence-corrected chi connectivity index (χ2v) is 5.34. The van der Waals surface area contributed by atoms with Crippen molar-refractivity contribution in [3.63, 3.8) is 0 Å². The van der Waals surface area contributed by atoms with Gasteiger partial charge < -0.3 is 15.4 Å². The molecule has 0 saturated carbocycles. The third kappa shape index (κ3) is 3.69. The molecule has 2 aromatic rings. The van der Waals surface area contributed by atoms with Crippen molar-refractivity contribution in [2.45, 2.75) is 13.0 Å². The van der Waals surface area contributed by atoms with Crippen LogP contribution in [0, 0.1) is 0 Å². The number of carbonyl (C=O) groups is 2. The highest BCUT2D eigenvalue weighted by Crippen LogP contribution is 2.25. The molecule has 23 heavy (non-hydrogen) atoms. The molecule has 0 aliphatic carbocycles. The van der Waals surface area contributed by atoms with Gasteiger partial charge in [0, 0.05) is 24.2 Å². The summed E-state index contributed by atoms with van der Waals surface area (Å²) in [7, 11) is 0. The van der Waals surface area contributed by atoms with Crippen molar-refractivity contribution >= 4 is 11.8 Å². The molecule has 1 heterocycles. The van der Waals surface area contributed by atoms with E-state index in [1.165, 1.54) is 0 Å². The number of amides is 2. The number of hydrogen-bond donors (Lipinski definition) is 2. The minimum Gasteiger partial charge on any atom is -0.483 e. The smallest absolute Gasteiger partial charge is 0.258 e. The number of carbonyl (C=O) groups excluding carboxylic acids is 2. The summed E-state index contributed by atoms with van der Waals surface area (Å²) in [4.78, 5) is 23.7. The van der Waals surface area contributed by atoms with Crippen LogP contribution in [0.25, 0.3) is 0 Å². The molecular formula is C18H18N2O3. The summed E-state index contributed by atoms with van der Waals surface area (Å²) in [5.74, 6) is 0.323. The monoisotopic (exact) mass is 310 g/mol. The van der Waals surface area contributed by atoms with Crippen molar-refractivity contribution in [1.82, 2.24) is 10.6 Å². The van der Waals surface area contributed by atoms with Crippen LogP contribution in [0.3, 0.4) is 0 Å². The lowest BCUT2D eigenvalue weighted by Gasteiger charge is -2.19. The Morgan fingerprint density at radius 2 is 1.96 bits per heavy atom. The highest BCUT2D eigenvalue weighted by atomic mass is 16.5. The second kappa shape index (κ2) is 6.96. The minimum absolute atomic E-state index is 0.0646. The predicted molar refractivity (Wildman–Crippen MR) is 86.3 cm³/mol. The van der Waals surface area contributed by atoms with E-state index in [-0.39, 0.29) is 18.4 Å². The summed E-state index contributed by atoms with van der Waals surface area (Å²) >= 11 is 0. The first-order valence-electron chi connectivity index (χ1n) is 7.57. The molecule has 1 aliphatic rings. The maximum absolute atomic E-state index is 11.9. The van der Waals surface area contributed by atoms with E-state index in [4.69, 9.17) is 4.74 Å². The first-order chi connectivity index (χ1) is 11.2. The Labute approximate surface area is 134 Å². The summed E-state index contributed by atoms with van der Waals surface area (Å²) in [5.41, 5.74) is 2.53. The number of rotatable bonds is 5. The van der Waals surface area contributed by atoms with Gasteiger partial charge in [0.1, 0.15) is 5.75 Å². The molecule has 0 aromatic heterocycles. The Morgan fingerprint density at radius 1 is 1.13 bits per heavy atom. The minimum atomic E-state index is -0.188. The molecule has 3 rings (SSSR count). The van der Waals surface area contributed by atoms with Gasteiger partial charge in [-0.1, -0.05) is 36.4 Å². The zero-order valence-electron chi connectivity index (χ0n) is 12.7. The van der Waals surface area contributed by atoms with Crippen LogP contribution in [0.1, 0.15) is 21.5 Å². The van der Waals surface area contributed by atoms with E-state index < -0.39 is 0 Å². The van der Waals surface area contributed by atoms with Crippen LogP contribution in [-0.4, -0.2) is 25.0 Å². The molecule has 1 aliphatic heterocycles. The third-order valence-electron chi connectivity index (χ3n) is 3.73. The number of fused-ring (bicyclic) bond motifs is 1. The lowest BCUT2D eigenvalue weighted by molar-refractivity contribution is -0.123. The Balaban J connectivity index is 1.57. The zero-order valence-corrected chi connectivity index (χ0v) is 12.7. The molecule has 0 radical (unpaired) electrons. The zero-order chi connectivity index (χ0) is 16.1. The summed E-state index contributed by atoms with van der Waals surface area (Å²) in [6, 6.07) is 15.0. The molecule has 0 fully saturated rings. The van der Waals surface area contributed by atoms with Gasteiger partial charge in [-0.2, -0.15) is 0 Å². The van der Waals surface area contributed by atoms with E-state index >= 15 is 0 Å². The summed E-state index contributed by atoms with van der Waals surface area (Å²) in [5, 5.41) is 5.61. The maximum Gasteiger partial charge on any atom is 0.258 e. The number of hydrogen-bond acceptors (Lipinski definition) is 3. The van der Waals surface area contributed by atoms with E-state index in [0.29, 0.717) is 30.8 Å². The summed E-state index contributed by atoms with van der Waals surface area (Å²) < 4.78 is 5.61. The standard InChI is InChI=1S/C18H18N2O3/c21-17(20-11-13-5-2-1-3-6-13)12-23-16-8-4-7-15-14(16)9-10-19-18(15)22/h1-8H,9-12H2,(H,19,22)(H,20,21). The van der Waals surface area contributed by atoms with Crippen LogP contribution in [0.5, 0.6) is 5.75 Å². The van der Waals surface area contributed by atoms with Gasteiger partial charge in [-0.15, -0.1) is 0 Å². The highest BCUT2D eigenvalue weighted by molar-refractivity contribution is 5.97. The van der Waals surface area contributed by atoms with Gasteiger partial charge in [0.25, 0.3) is 11.8 Å². The van der Waals surface area contributed by atoms with Gasteiger partial charge in [0.05, 0.1) is 0 Å². The summed E-state index contributed by atoms with van der Waals surface area (Å²) in [6.45, 7) is 0.996. The normalized spacial score (nSPS) is 13.0. The molecule has 0 bridgehead atoms. The van der Waals surface area contributed by atoms with Crippen molar-refractivity contribution in [1.29, 1.82) is 0 Å². The average Bonchev–Trinajstić information content (AvgIpc) is 2.59. The van der Waals surface area contributed by atoms with Gasteiger partial charge in [0.2, 0.25) is 0 Å². The molecule has 5 nitrogen and oxygen atoms in total. The van der Waals surface area contributed by atoms with E-state index in [1.807, 2.05) is 30.3 Å². The van der Waals surface area contributed by atoms with Crippen molar-refractivity contribution in [3.05, 3.63) is 65.2 Å². The fraction of sp³-hybridized carbons (Fsp3) is 0.222. The van der Waals surface area contributed by atoms with Crippen molar-refractivity contribution in [2.24, 2.45) is 0 Å². The molecule has 0 atom stereocenters. The van der Waals surface area contributed by atoms with Crippen molar-refractivity contribution in [3.8, 4) is 5.75 Å². The Morgan fingerprint density at radius 3 is 2.78 bits per heavy atom. The van der Waals surface area contributed by atoms with Gasteiger partial charge in [-0.3, -0.25) is 9.59 Å². The molecule has 5 heteroatoms. The first-order valence-corrected chi connectivity index (χ1v) is 7.57. The van der Waals surface area contributed by atoms with E-state index in [0.717, 1.165) is 11.1 Å². The molecule has 118 valence electrons. The molecule has 2 aromatic carbocycles. The molecule has 2 N–H and O–H groups in total. The largest absolute Gasteiger partial charge is 0.483 e. The molecule has 0 unspecified atom stereocenters. The van der Waals surface area contributed by atoms with Gasteiger partial charge >= 0.3 is 0 Å². The Kier molecular flexibility index (Phi) is 4.57. The fourth-order valence-corrected chi connectivity index (χ4v) is 2.56. The maximum atomic E-state index is 11.9. The van der Waals surface area contributed by atoms with Gasteiger partial charge in [-0.05, 0) is 24.1 Å². The number of nitrogens with one attached hydrogen (secondary N) is 2. The van der Waals surface area contributed by atoms with Crippen LogP contribution in [-0.2, 0) is 17.8 Å². The number of ether oxygens (including phenoxy) is 1. The lowest BCUT2D eigenvalue weighted by atomic mass is 9.99. The van der Waals surface area contributed by atoms with Crippen molar-refractivity contribution in [2.75, 3.05) is 13.2 Å². The first kappa shape index (κ1) is 15.1. The quantitative estimate of drug-likeness (QED) is 0.883.